The van der Waals surface area contributed by atoms with Crippen molar-refractivity contribution >= 4 is 0 Å². The largest absolute Gasteiger partial charge is 0.300 e. The van der Waals surface area contributed by atoms with Crippen LogP contribution in [0.4, 0.5) is 0 Å². The molecule has 0 fully saturated rings. The maximum Gasteiger partial charge on any atom is 0.0115 e. The summed E-state index contributed by atoms with van der Waals surface area (Å²) in [5.41, 5.74) is 1.21. The highest BCUT2D eigenvalue weighted by molar-refractivity contribution is 4.81. The van der Waals surface area contributed by atoms with Crippen LogP contribution < -0.4 is 0 Å². The van der Waals surface area contributed by atoms with Crippen molar-refractivity contribution in [2.24, 2.45) is 16.2 Å². The topological polar surface area (TPSA) is 3.24 Å². The van der Waals surface area contributed by atoms with Crippen LogP contribution in [0.3, 0.4) is 0 Å². The highest BCUT2D eigenvalue weighted by atomic mass is 15.2. The Morgan fingerprint density at radius 1 is 0.684 bits per heavy atom. The van der Waals surface area contributed by atoms with Crippen molar-refractivity contribution in [2.75, 3.05) is 13.1 Å². The van der Waals surface area contributed by atoms with Gasteiger partial charge in [0.05, 0.1) is 0 Å². The zero-order chi connectivity index (χ0) is 15.5. The molecule has 0 saturated carbocycles. The van der Waals surface area contributed by atoms with E-state index >= 15 is 0 Å². The molecule has 0 aromatic rings. The van der Waals surface area contributed by atoms with Gasteiger partial charge in [-0.05, 0) is 49.1 Å². The third kappa shape index (κ3) is 9.49. The molecule has 0 aliphatic rings. The molecule has 1 heteroatoms. The first kappa shape index (κ1) is 19.0. The van der Waals surface area contributed by atoms with E-state index < -0.39 is 0 Å². The van der Waals surface area contributed by atoms with Gasteiger partial charge in [0, 0.05) is 6.04 Å². The second-order valence-corrected chi connectivity index (χ2v) is 9.70. The van der Waals surface area contributed by atoms with Gasteiger partial charge in [-0.3, -0.25) is 0 Å². The minimum atomic E-state index is 0.357. The maximum atomic E-state index is 2.70. The standard InChI is InChI=1S/C18H39N/c1-15(18(8,9)10)19(13-11-16(2,3)4)14-12-17(5,6)7/h15H,11-14H2,1-10H3. The van der Waals surface area contributed by atoms with Gasteiger partial charge in [0.2, 0.25) is 0 Å². The zero-order valence-corrected chi connectivity index (χ0v) is 15.4. The molecule has 0 aromatic carbocycles. The van der Waals surface area contributed by atoms with Crippen molar-refractivity contribution < 1.29 is 0 Å². The highest BCUT2D eigenvalue weighted by Gasteiger charge is 2.27. The fourth-order valence-corrected chi connectivity index (χ4v) is 2.00. The Bertz CT molecular complexity index is 228. The normalized spacial score (nSPS) is 15.9. The predicted molar refractivity (Wildman–Crippen MR) is 88.6 cm³/mol. The molecular weight excluding hydrogens is 230 g/mol. The van der Waals surface area contributed by atoms with E-state index in [0.29, 0.717) is 22.3 Å². The minimum Gasteiger partial charge on any atom is -0.300 e. The first-order valence-corrected chi connectivity index (χ1v) is 7.96. The molecule has 116 valence electrons. The summed E-state index contributed by atoms with van der Waals surface area (Å²) in [5.74, 6) is 0. The lowest BCUT2D eigenvalue weighted by Gasteiger charge is -2.40. The first-order chi connectivity index (χ1) is 8.22. The third-order valence-electron chi connectivity index (χ3n) is 4.10. The minimum absolute atomic E-state index is 0.357. The molecule has 0 radical (unpaired) electrons. The van der Waals surface area contributed by atoms with Crippen molar-refractivity contribution in [1.82, 2.24) is 4.90 Å². The van der Waals surface area contributed by atoms with Gasteiger partial charge in [-0.2, -0.15) is 0 Å². The first-order valence-electron chi connectivity index (χ1n) is 7.96. The van der Waals surface area contributed by atoms with Gasteiger partial charge in [0.1, 0.15) is 0 Å². The number of hydrogen-bond acceptors (Lipinski definition) is 1. The van der Waals surface area contributed by atoms with Crippen LogP contribution in [0.2, 0.25) is 0 Å². The summed E-state index contributed by atoms with van der Waals surface area (Å²) < 4.78 is 0. The van der Waals surface area contributed by atoms with Gasteiger partial charge >= 0.3 is 0 Å². The van der Waals surface area contributed by atoms with Crippen molar-refractivity contribution in [2.45, 2.75) is 88.1 Å². The molecule has 0 amide bonds. The second-order valence-electron chi connectivity index (χ2n) is 9.70. The molecular formula is C18H39N. The summed E-state index contributed by atoms with van der Waals surface area (Å²) in [6.45, 7) is 26.0. The second kappa shape index (κ2) is 6.61. The van der Waals surface area contributed by atoms with E-state index in [-0.39, 0.29) is 0 Å². The average molecular weight is 270 g/mol. The van der Waals surface area contributed by atoms with Gasteiger partial charge in [-0.25, -0.2) is 0 Å². The van der Waals surface area contributed by atoms with Crippen LogP contribution in [0.5, 0.6) is 0 Å². The van der Waals surface area contributed by atoms with E-state index in [1.54, 1.807) is 0 Å². The smallest absolute Gasteiger partial charge is 0.0115 e. The molecule has 0 saturated heterocycles. The Hall–Kier alpha value is -0.0400. The molecule has 0 spiro atoms. The SMILES string of the molecule is CC(N(CCC(C)(C)C)CCC(C)(C)C)C(C)(C)C. The summed E-state index contributed by atoms with van der Waals surface area (Å²) in [6, 6.07) is 0.636. The van der Waals surface area contributed by atoms with E-state index in [2.05, 4.69) is 74.1 Å². The molecule has 1 atom stereocenters. The lowest BCUT2D eigenvalue weighted by Crippen LogP contribution is -2.44. The molecule has 1 unspecified atom stereocenters. The third-order valence-corrected chi connectivity index (χ3v) is 4.10. The number of nitrogens with zero attached hydrogens (tertiary/aromatic N) is 1. The Morgan fingerprint density at radius 3 is 1.21 bits per heavy atom. The highest BCUT2D eigenvalue weighted by Crippen LogP contribution is 2.28. The van der Waals surface area contributed by atoms with E-state index in [9.17, 15) is 0 Å². The average Bonchev–Trinajstić information content (AvgIpc) is 2.12. The van der Waals surface area contributed by atoms with E-state index in [0.717, 1.165) is 0 Å². The van der Waals surface area contributed by atoms with Crippen LogP contribution in [0, 0.1) is 16.2 Å². The van der Waals surface area contributed by atoms with Crippen LogP contribution in [0.25, 0.3) is 0 Å². The lowest BCUT2D eigenvalue weighted by molar-refractivity contribution is 0.0880. The van der Waals surface area contributed by atoms with Gasteiger partial charge < -0.3 is 4.90 Å². The van der Waals surface area contributed by atoms with Crippen LogP contribution in [0.1, 0.15) is 82.1 Å². The van der Waals surface area contributed by atoms with E-state index in [4.69, 9.17) is 0 Å². The van der Waals surface area contributed by atoms with Gasteiger partial charge in [-0.15, -0.1) is 0 Å². The summed E-state index contributed by atoms with van der Waals surface area (Å²) in [5, 5.41) is 0. The quantitative estimate of drug-likeness (QED) is 0.628. The van der Waals surface area contributed by atoms with Gasteiger partial charge in [0.15, 0.2) is 0 Å². The summed E-state index contributed by atoms with van der Waals surface area (Å²) >= 11 is 0. The van der Waals surface area contributed by atoms with Crippen molar-refractivity contribution in [3.63, 3.8) is 0 Å². The Balaban J connectivity index is 4.65. The molecule has 19 heavy (non-hydrogen) atoms. The molecule has 0 aliphatic heterocycles. The van der Waals surface area contributed by atoms with E-state index in [1.807, 2.05) is 0 Å². The molecule has 0 rings (SSSR count). The fraction of sp³-hybridized carbons (Fsp3) is 1.00. The Morgan fingerprint density at radius 2 is 1.00 bits per heavy atom. The summed E-state index contributed by atoms with van der Waals surface area (Å²) in [7, 11) is 0. The maximum absolute atomic E-state index is 2.70. The fourth-order valence-electron chi connectivity index (χ4n) is 2.00. The number of rotatable bonds is 5. The predicted octanol–water partition coefficient (Wildman–Crippen LogP) is 5.60. The van der Waals surface area contributed by atoms with E-state index in [1.165, 1.54) is 25.9 Å². The number of hydrogen-bond donors (Lipinski definition) is 0. The monoisotopic (exact) mass is 269 g/mol. The summed E-state index contributed by atoms with van der Waals surface area (Å²) in [6.07, 6.45) is 2.55. The van der Waals surface area contributed by atoms with Crippen LogP contribution >= 0.6 is 0 Å². The van der Waals surface area contributed by atoms with Gasteiger partial charge in [-0.1, -0.05) is 62.3 Å². The molecule has 0 aliphatic carbocycles. The molecule has 1 nitrogen and oxygen atoms in total. The van der Waals surface area contributed by atoms with Crippen LogP contribution in [-0.2, 0) is 0 Å². The molecule has 0 aromatic heterocycles. The van der Waals surface area contributed by atoms with Crippen LogP contribution in [0.15, 0.2) is 0 Å². The lowest BCUT2D eigenvalue weighted by atomic mass is 9.84. The van der Waals surface area contributed by atoms with Gasteiger partial charge in [0.25, 0.3) is 0 Å². The van der Waals surface area contributed by atoms with Crippen molar-refractivity contribution in [1.29, 1.82) is 0 Å². The summed E-state index contributed by atoms with van der Waals surface area (Å²) in [4.78, 5) is 2.70. The van der Waals surface area contributed by atoms with Crippen molar-refractivity contribution in [3.05, 3.63) is 0 Å². The Kier molecular flexibility index (Phi) is 6.59. The molecule has 0 N–H and O–H groups in total. The molecule has 0 bridgehead atoms. The van der Waals surface area contributed by atoms with Crippen LogP contribution in [-0.4, -0.2) is 24.0 Å². The molecule has 0 heterocycles. The van der Waals surface area contributed by atoms with Crippen molar-refractivity contribution in [3.8, 4) is 0 Å². The zero-order valence-electron chi connectivity index (χ0n) is 15.4. The Labute approximate surface area is 123 Å².